The summed E-state index contributed by atoms with van der Waals surface area (Å²) in [6.07, 6.45) is 4.41. The van der Waals surface area contributed by atoms with Crippen molar-refractivity contribution in [2.24, 2.45) is 0 Å². The molecule has 0 fully saturated rings. The lowest BCUT2D eigenvalue weighted by molar-refractivity contribution is 0.627. The lowest BCUT2D eigenvalue weighted by atomic mass is 10.1. The van der Waals surface area contributed by atoms with Gasteiger partial charge in [0.15, 0.2) is 0 Å². The van der Waals surface area contributed by atoms with Crippen molar-refractivity contribution in [2.45, 2.75) is 11.2 Å². The maximum atomic E-state index is 12.7. The largest absolute Gasteiger partial charge is 0.264 e. The molecule has 82 valence electrons. The minimum Gasteiger partial charge on any atom is -0.264 e. The summed E-state index contributed by atoms with van der Waals surface area (Å²) in [5.74, 6) is -0.198. The summed E-state index contributed by atoms with van der Waals surface area (Å²) < 4.78 is 12.7. The lowest BCUT2D eigenvalue weighted by Crippen LogP contribution is -1.95. The van der Waals surface area contributed by atoms with E-state index in [0.29, 0.717) is 0 Å². The van der Waals surface area contributed by atoms with E-state index in [2.05, 4.69) is 20.9 Å². The Hall–Kier alpha value is -1.22. The monoisotopic (exact) mass is 279 g/mol. The van der Waals surface area contributed by atoms with Crippen LogP contribution in [0, 0.1) is 5.82 Å². The average Bonchev–Trinajstić information content (AvgIpc) is 2.33. The van der Waals surface area contributed by atoms with Crippen LogP contribution in [0.2, 0.25) is 0 Å². The van der Waals surface area contributed by atoms with Crippen molar-refractivity contribution in [2.75, 3.05) is 0 Å². The highest BCUT2D eigenvalue weighted by Gasteiger charge is 2.08. The molecule has 0 bridgehead atoms. The van der Waals surface area contributed by atoms with E-state index >= 15 is 0 Å². The van der Waals surface area contributed by atoms with Crippen molar-refractivity contribution in [3.63, 3.8) is 0 Å². The van der Waals surface area contributed by atoms with E-state index in [0.717, 1.165) is 17.5 Å². The molecule has 0 aliphatic rings. The van der Waals surface area contributed by atoms with E-state index in [1.54, 1.807) is 18.3 Å². The van der Waals surface area contributed by atoms with Crippen LogP contribution in [0.25, 0.3) is 0 Å². The molecular weight excluding hydrogens is 269 g/mol. The first-order chi connectivity index (χ1) is 7.75. The van der Waals surface area contributed by atoms with Gasteiger partial charge >= 0.3 is 0 Å². The molecule has 0 radical (unpaired) electrons. The molecule has 0 amide bonds. The summed E-state index contributed by atoms with van der Waals surface area (Å²) in [6.45, 7) is 0. The minimum atomic E-state index is -0.198. The molecule has 1 aromatic carbocycles. The fraction of sp³-hybridized carbons (Fsp3) is 0.154. The SMILES string of the molecule is Fc1ccc(C[C@@H](Br)c2cccnc2)cc1. The van der Waals surface area contributed by atoms with Gasteiger partial charge in [0.1, 0.15) is 5.82 Å². The van der Waals surface area contributed by atoms with Crippen LogP contribution >= 0.6 is 15.9 Å². The molecular formula is C13H11BrFN. The summed E-state index contributed by atoms with van der Waals surface area (Å²) in [5, 5.41) is 0. The average molecular weight is 280 g/mol. The first kappa shape index (κ1) is 11.3. The van der Waals surface area contributed by atoms with Crippen molar-refractivity contribution in [3.8, 4) is 0 Å². The minimum absolute atomic E-state index is 0.198. The van der Waals surface area contributed by atoms with Crippen LogP contribution < -0.4 is 0 Å². The van der Waals surface area contributed by atoms with Crippen LogP contribution in [0.5, 0.6) is 0 Å². The molecule has 0 aliphatic heterocycles. The second-order valence-electron chi connectivity index (χ2n) is 3.58. The molecule has 2 rings (SSSR count). The van der Waals surface area contributed by atoms with Crippen molar-refractivity contribution in [1.82, 2.24) is 4.98 Å². The lowest BCUT2D eigenvalue weighted by Gasteiger charge is -2.09. The molecule has 16 heavy (non-hydrogen) atoms. The van der Waals surface area contributed by atoms with E-state index in [-0.39, 0.29) is 10.6 Å². The molecule has 0 aliphatic carbocycles. The Bertz CT molecular complexity index is 441. The standard InChI is InChI=1S/C13H11BrFN/c14-13(11-2-1-7-16-9-11)8-10-3-5-12(15)6-4-10/h1-7,9,13H,8H2/t13-/m1/s1. The fourth-order valence-electron chi connectivity index (χ4n) is 1.51. The molecule has 0 spiro atoms. The predicted molar refractivity (Wildman–Crippen MR) is 66.0 cm³/mol. The van der Waals surface area contributed by atoms with Crippen LogP contribution in [0.15, 0.2) is 48.8 Å². The molecule has 1 nitrogen and oxygen atoms in total. The van der Waals surface area contributed by atoms with Gasteiger partial charge in [0.25, 0.3) is 0 Å². The first-order valence-corrected chi connectivity index (χ1v) is 5.96. The zero-order valence-electron chi connectivity index (χ0n) is 8.61. The Morgan fingerprint density at radius 2 is 1.94 bits per heavy atom. The van der Waals surface area contributed by atoms with E-state index < -0.39 is 0 Å². The Morgan fingerprint density at radius 1 is 1.19 bits per heavy atom. The molecule has 0 N–H and O–H groups in total. The summed E-state index contributed by atoms with van der Waals surface area (Å²) in [4.78, 5) is 4.29. The molecule has 2 aromatic rings. The number of rotatable bonds is 3. The topological polar surface area (TPSA) is 12.9 Å². The third kappa shape index (κ3) is 2.89. The number of hydrogen-bond donors (Lipinski definition) is 0. The highest BCUT2D eigenvalue weighted by atomic mass is 79.9. The third-order valence-electron chi connectivity index (χ3n) is 2.37. The van der Waals surface area contributed by atoms with Crippen molar-refractivity contribution < 1.29 is 4.39 Å². The van der Waals surface area contributed by atoms with Crippen molar-refractivity contribution in [1.29, 1.82) is 0 Å². The summed E-state index contributed by atoms with van der Waals surface area (Å²) in [5.41, 5.74) is 2.24. The maximum Gasteiger partial charge on any atom is 0.123 e. The van der Waals surface area contributed by atoms with E-state index in [1.807, 2.05) is 18.3 Å². The number of hydrogen-bond acceptors (Lipinski definition) is 1. The van der Waals surface area contributed by atoms with Gasteiger partial charge in [0.2, 0.25) is 0 Å². The van der Waals surface area contributed by atoms with Crippen LogP contribution in [-0.2, 0) is 6.42 Å². The summed E-state index contributed by atoms with van der Waals surface area (Å²) >= 11 is 3.61. The first-order valence-electron chi connectivity index (χ1n) is 5.04. The Labute approximate surface area is 102 Å². The van der Waals surface area contributed by atoms with Crippen LogP contribution in [0.1, 0.15) is 16.0 Å². The van der Waals surface area contributed by atoms with Crippen LogP contribution in [0.4, 0.5) is 4.39 Å². The number of nitrogens with zero attached hydrogens (tertiary/aromatic N) is 1. The number of benzene rings is 1. The highest BCUT2D eigenvalue weighted by molar-refractivity contribution is 9.09. The number of halogens is 2. The van der Waals surface area contributed by atoms with Gasteiger partial charge < -0.3 is 0 Å². The Balaban J connectivity index is 2.08. The smallest absolute Gasteiger partial charge is 0.123 e. The zero-order valence-corrected chi connectivity index (χ0v) is 10.2. The predicted octanol–water partition coefficient (Wildman–Crippen LogP) is 3.90. The van der Waals surface area contributed by atoms with Gasteiger partial charge in [0, 0.05) is 17.2 Å². The Kier molecular flexibility index (Phi) is 3.67. The van der Waals surface area contributed by atoms with Gasteiger partial charge in [0.05, 0.1) is 0 Å². The number of alkyl halides is 1. The van der Waals surface area contributed by atoms with Gasteiger partial charge in [-0.2, -0.15) is 0 Å². The molecule has 0 saturated heterocycles. The second-order valence-corrected chi connectivity index (χ2v) is 4.69. The highest BCUT2D eigenvalue weighted by Crippen LogP contribution is 2.26. The number of pyridine rings is 1. The Morgan fingerprint density at radius 3 is 2.56 bits per heavy atom. The molecule has 1 aromatic heterocycles. The third-order valence-corrected chi connectivity index (χ3v) is 3.23. The summed E-state index contributed by atoms with van der Waals surface area (Å²) in [6, 6.07) is 10.5. The molecule has 1 heterocycles. The van der Waals surface area contributed by atoms with E-state index in [4.69, 9.17) is 0 Å². The summed E-state index contributed by atoms with van der Waals surface area (Å²) in [7, 11) is 0. The van der Waals surface area contributed by atoms with Crippen LogP contribution in [-0.4, -0.2) is 4.98 Å². The van der Waals surface area contributed by atoms with Gasteiger partial charge in [-0.15, -0.1) is 0 Å². The molecule has 1 atom stereocenters. The van der Waals surface area contributed by atoms with Crippen LogP contribution in [0.3, 0.4) is 0 Å². The molecule has 0 unspecified atom stereocenters. The van der Waals surface area contributed by atoms with Gasteiger partial charge in [-0.05, 0) is 35.7 Å². The number of aromatic nitrogens is 1. The zero-order chi connectivity index (χ0) is 11.4. The fourth-order valence-corrected chi connectivity index (χ4v) is 2.15. The van der Waals surface area contributed by atoms with Gasteiger partial charge in [-0.3, -0.25) is 4.98 Å². The molecule has 0 saturated carbocycles. The van der Waals surface area contributed by atoms with Crippen molar-refractivity contribution >= 4 is 15.9 Å². The normalized spacial score (nSPS) is 12.4. The quantitative estimate of drug-likeness (QED) is 0.777. The van der Waals surface area contributed by atoms with Crippen molar-refractivity contribution in [3.05, 3.63) is 65.7 Å². The van der Waals surface area contributed by atoms with Gasteiger partial charge in [-0.25, -0.2) is 4.39 Å². The van der Waals surface area contributed by atoms with Gasteiger partial charge in [-0.1, -0.05) is 34.1 Å². The van der Waals surface area contributed by atoms with E-state index in [9.17, 15) is 4.39 Å². The molecule has 3 heteroatoms. The second kappa shape index (κ2) is 5.21. The van der Waals surface area contributed by atoms with E-state index in [1.165, 1.54) is 12.1 Å². The maximum absolute atomic E-state index is 12.7.